The van der Waals surface area contributed by atoms with Gasteiger partial charge < -0.3 is 9.15 Å². The van der Waals surface area contributed by atoms with Crippen LogP contribution in [0.3, 0.4) is 0 Å². The van der Waals surface area contributed by atoms with Gasteiger partial charge in [0, 0.05) is 28.6 Å². The molecule has 0 unspecified atom stereocenters. The van der Waals surface area contributed by atoms with Crippen molar-refractivity contribution in [3.05, 3.63) is 89.3 Å². The number of nitro benzene ring substituents is 2. The van der Waals surface area contributed by atoms with Crippen molar-refractivity contribution in [3.63, 3.8) is 0 Å². The first kappa shape index (κ1) is 24.2. The van der Waals surface area contributed by atoms with Crippen LogP contribution in [-0.4, -0.2) is 21.5 Å². The molecule has 2 aromatic carbocycles. The third kappa shape index (κ3) is 4.96. The van der Waals surface area contributed by atoms with Crippen molar-refractivity contribution in [3.8, 4) is 5.75 Å². The Morgan fingerprint density at radius 3 is 2.57 bits per heavy atom. The van der Waals surface area contributed by atoms with Crippen molar-refractivity contribution in [2.75, 3.05) is 5.43 Å². The van der Waals surface area contributed by atoms with Gasteiger partial charge in [0.1, 0.15) is 17.2 Å². The molecule has 1 heterocycles. The number of non-ortho nitro benzene ring substituents is 1. The van der Waals surface area contributed by atoms with Gasteiger partial charge in [0.2, 0.25) is 5.76 Å². The van der Waals surface area contributed by atoms with Crippen LogP contribution in [0.25, 0.3) is 0 Å². The Morgan fingerprint density at radius 1 is 1.11 bits per heavy atom. The van der Waals surface area contributed by atoms with Crippen LogP contribution in [0, 0.1) is 27.2 Å². The number of aryl methyl sites for hydroxylation is 1. The number of fused-ring (bicyclic) bond motifs is 1. The summed E-state index contributed by atoms with van der Waals surface area (Å²) in [4.78, 5) is 33.7. The molecule has 1 aliphatic rings. The number of hydrazone groups is 1. The van der Waals surface area contributed by atoms with E-state index in [1.54, 1.807) is 6.92 Å². The molecule has 0 fully saturated rings. The Balaban J connectivity index is 1.63. The van der Waals surface area contributed by atoms with Gasteiger partial charge in [-0.15, -0.1) is 0 Å². The van der Waals surface area contributed by atoms with E-state index in [1.807, 2.05) is 0 Å². The first-order chi connectivity index (χ1) is 16.7. The predicted octanol–water partition coefficient (Wildman–Crippen LogP) is 6.08. The van der Waals surface area contributed by atoms with E-state index in [1.165, 1.54) is 24.3 Å². The fourth-order valence-electron chi connectivity index (χ4n) is 3.69. The maximum Gasteiger partial charge on any atom is 0.379 e. The smallest absolute Gasteiger partial charge is 0.379 e. The third-order valence-corrected chi connectivity index (χ3v) is 5.84. The van der Waals surface area contributed by atoms with Crippen molar-refractivity contribution in [1.82, 2.24) is 0 Å². The quantitative estimate of drug-likeness (QED) is 0.178. The molecule has 0 aliphatic heterocycles. The number of esters is 1. The molecule has 0 saturated carbocycles. The zero-order chi connectivity index (χ0) is 25.3. The van der Waals surface area contributed by atoms with Gasteiger partial charge in [0.15, 0.2) is 0 Å². The largest absolute Gasteiger partial charge is 0.453 e. The molecule has 1 N–H and O–H groups in total. The minimum atomic E-state index is -0.751. The average Bonchev–Trinajstić information content (AvgIpc) is 3.16. The molecule has 0 spiro atoms. The van der Waals surface area contributed by atoms with E-state index in [-0.39, 0.29) is 22.2 Å². The number of carbonyl (C=O) groups excluding carboxylic acids is 1. The number of hydrogen-bond acceptors (Lipinski definition) is 9. The monoisotopic (exact) mass is 518 g/mol. The molecule has 3 aromatic rings. The predicted molar refractivity (Wildman–Crippen MR) is 128 cm³/mol. The lowest BCUT2D eigenvalue weighted by Crippen LogP contribution is -2.14. The van der Waals surface area contributed by atoms with Crippen molar-refractivity contribution in [1.29, 1.82) is 0 Å². The van der Waals surface area contributed by atoms with Gasteiger partial charge >= 0.3 is 11.7 Å². The van der Waals surface area contributed by atoms with Crippen LogP contribution in [0.2, 0.25) is 10.0 Å². The van der Waals surface area contributed by atoms with Gasteiger partial charge in [0.25, 0.3) is 5.69 Å². The number of furan rings is 1. The fraction of sp³-hybridized carbons (Fsp3) is 0.182. The number of hydrogen-bond donors (Lipinski definition) is 1. The standard InChI is InChI=1S/C22H16Cl2N4O7/c1-11-20-16(26-25-15-7-6-13(27(30)31)10-17(15)28(32)33)3-2-4-19(20)34-21(11)22(29)35-18-8-5-12(23)9-14(18)24/h5-10,25H,2-4H2,1H3/b26-16+. The Morgan fingerprint density at radius 2 is 1.89 bits per heavy atom. The van der Waals surface area contributed by atoms with Gasteiger partial charge in [-0.25, -0.2) is 4.79 Å². The summed E-state index contributed by atoms with van der Waals surface area (Å²) in [5.74, 6) is -0.117. The molecular formula is C22H16Cl2N4O7. The van der Waals surface area contributed by atoms with E-state index < -0.39 is 27.2 Å². The third-order valence-electron chi connectivity index (χ3n) is 5.31. The summed E-state index contributed by atoms with van der Waals surface area (Å²) < 4.78 is 11.2. The number of carbonyl (C=O) groups is 1. The molecule has 1 aromatic heterocycles. The minimum absolute atomic E-state index is 0.0154. The summed E-state index contributed by atoms with van der Waals surface area (Å²) in [7, 11) is 0. The Hall–Kier alpha value is -3.96. The molecule has 1 aliphatic carbocycles. The molecule has 35 heavy (non-hydrogen) atoms. The number of halogens is 2. The SMILES string of the molecule is Cc1c(C(=O)Oc2ccc(Cl)cc2Cl)oc2c1/C(=N/Nc1ccc([N+](=O)[O-])cc1[N+](=O)[O-])CCC2. The number of anilines is 1. The van der Waals surface area contributed by atoms with Crippen molar-refractivity contribution in [2.24, 2.45) is 5.10 Å². The zero-order valence-electron chi connectivity index (χ0n) is 18.0. The van der Waals surface area contributed by atoms with Crippen LogP contribution < -0.4 is 10.2 Å². The van der Waals surface area contributed by atoms with Crippen molar-refractivity contribution in [2.45, 2.75) is 26.2 Å². The van der Waals surface area contributed by atoms with E-state index in [0.717, 1.165) is 12.1 Å². The summed E-state index contributed by atoms with van der Waals surface area (Å²) in [6.07, 6.45) is 1.74. The highest BCUT2D eigenvalue weighted by Crippen LogP contribution is 2.34. The molecule has 180 valence electrons. The van der Waals surface area contributed by atoms with Crippen molar-refractivity contribution >= 4 is 51.9 Å². The lowest BCUT2D eigenvalue weighted by molar-refractivity contribution is -0.393. The van der Waals surface area contributed by atoms with E-state index in [9.17, 15) is 25.0 Å². The Kier molecular flexibility index (Phi) is 6.72. The molecule has 0 atom stereocenters. The highest BCUT2D eigenvalue weighted by atomic mass is 35.5. The van der Waals surface area contributed by atoms with Crippen LogP contribution in [-0.2, 0) is 6.42 Å². The van der Waals surface area contributed by atoms with E-state index >= 15 is 0 Å². The average molecular weight is 519 g/mol. The van der Waals surface area contributed by atoms with Crippen molar-refractivity contribution < 1.29 is 23.8 Å². The van der Waals surface area contributed by atoms with Gasteiger partial charge in [-0.1, -0.05) is 23.2 Å². The minimum Gasteiger partial charge on any atom is -0.453 e. The highest BCUT2D eigenvalue weighted by Gasteiger charge is 2.29. The van der Waals surface area contributed by atoms with Gasteiger partial charge in [-0.2, -0.15) is 5.10 Å². The maximum atomic E-state index is 12.8. The summed E-state index contributed by atoms with van der Waals surface area (Å²) >= 11 is 12.0. The second-order valence-electron chi connectivity index (χ2n) is 7.56. The number of nitro groups is 2. The summed E-state index contributed by atoms with van der Waals surface area (Å²) in [6.45, 7) is 1.68. The molecule has 0 bridgehead atoms. The van der Waals surface area contributed by atoms with Crippen LogP contribution in [0.5, 0.6) is 5.75 Å². The Bertz CT molecular complexity index is 1400. The molecular weight excluding hydrogens is 503 g/mol. The van der Waals surface area contributed by atoms with Crippen LogP contribution >= 0.6 is 23.2 Å². The van der Waals surface area contributed by atoms with Crippen LogP contribution in [0.15, 0.2) is 45.9 Å². The normalized spacial score (nSPS) is 13.9. The van der Waals surface area contributed by atoms with E-state index in [0.29, 0.717) is 46.9 Å². The van der Waals surface area contributed by atoms with Crippen LogP contribution in [0.1, 0.15) is 40.3 Å². The van der Waals surface area contributed by atoms with E-state index in [4.69, 9.17) is 32.4 Å². The van der Waals surface area contributed by atoms with E-state index in [2.05, 4.69) is 10.5 Å². The zero-order valence-corrected chi connectivity index (χ0v) is 19.6. The molecule has 0 saturated heterocycles. The summed E-state index contributed by atoms with van der Waals surface area (Å²) in [5, 5.41) is 27.2. The molecule has 0 amide bonds. The second-order valence-corrected chi connectivity index (χ2v) is 8.40. The first-order valence-corrected chi connectivity index (χ1v) is 11.0. The lowest BCUT2D eigenvalue weighted by atomic mass is 9.93. The summed E-state index contributed by atoms with van der Waals surface area (Å²) in [5.41, 5.74) is 3.32. The molecule has 4 rings (SSSR count). The van der Waals surface area contributed by atoms with Crippen LogP contribution in [0.4, 0.5) is 17.1 Å². The summed E-state index contributed by atoms with van der Waals surface area (Å²) in [6, 6.07) is 7.65. The first-order valence-electron chi connectivity index (χ1n) is 10.2. The number of nitrogens with one attached hydrogen (secondary N) is 1. The molecule has 13 heteroatoms. The lowest BCUT2D eigenvalue weighted by Gasteiger charge is -2.13. The number of rotatable bonds is 6. The topological polar surface area (TPSA) is 150 Å². The fourth-order valence-corrected chi connectivity index (χ4v) is 4.13. The number of ether oxygens (including phenoxy) is 1. The second kappa shape index (κ2) is 9.72. The maximum absolute atomic E-state index is 12.8. The van der Waals surface area contributed by atoms with Gasteiger partial charge in [-0.3, -0.25) is 25.7 Å². The number of nitrogens with zero attached hydrogens (tertiary/aromatic N) is 3. The Labute approximate surface area is 207 Å². The molecule has 11 nitrogen and oxygen atoms in total. The molecule has 0 radical (unpaired) electrons. The van der Waals surface area contributed by atoms with Gasteiger partial charge in [0.05, 0.1) is 26.6 Å². The number of benzene rings is 2. The highest BCUT2D eigenvalue weighted by molar-refractivity contribution is 6.35. The van der Waals surface area contributed by atoms with Gasteiger partial charge in [-0.05, 0) is 44.0 Å².